The molecule has 0 amide bonds. The highest BCUT2D eigenvalue weighted by atomic mass is 16.5. The molecule has 1 aromatic carbocycles. The predicted octanol–water partition coefficient (Wildman–Crippen LogP) is 2.17. The highest BCUT2D eigenvalue weighted by Gasteiger charge is 2.32. The van der Waals surface area contributed by atoms with Crippen molar-refractivity contribution in [2.45, 2.75) is 20.3 Å². The first-order valence-electron chi connectivity index (χ1n) is 6.19. The number of benzene rings is 1. The van der Waals surface area contributed by atoms with E-state index in [1.165, 1.54) is 0 Å². The van der Waals surface area contributed by atoms with E-state index >= 15 is 0 Å². The van der Waals surface area contributed by atoms with Crippen LogP contribution in [0.5, 0.6) is 0 Å². The summed E-state index contributed by atoms with van der Waals surface area (Å²) in [7, 11) is 0. The molecular formula is C14H17NO3. The number of hydrogen-bond acceptors (Lipinski definition) is 4. The number of hydrogen-bond donors (Lipinski definition) is 1. The molecule has 0 aromatic heterocycles. The SMILES string of the molecule is CCOC(=O)C1CCNc2ccc(C)cc2C1=O. The smallest absolute Gasteiger partial charge is 0.316 e. The molecule has 1 heterocycles. The Hall–Kier alpha value is -1.84. The summed E-state index contributed by atoms with van der Waals surface area (Å²) in [4.78, 5) is 24.1. The molecule has 0 aliphatic carbocycles. The highest BCUT2D eigenvalue weighted by molar-refractivity contribution is 6.12. The summed E-state index contributed by atoms with van der Waals surface area (Å²) in [5.74, 6) is -1.24. The number of carbonyl (C=O) groups excluding carboxylic acids is 2. The molecule has 1 aliphatic rings. The minimum absolute atomic E-state index is 0.142. The zero-order valence-corrected chi connectivity index (χ0v) is 10.7. The van der Waals surface area contributed by atoms with Crippen molar-refractivity contribution < 1.29 is 14.3 Å². The van der Waals surface area contributed by atoms with Crippen molar-refractivity contribution in [1.82, 2.24) is 0 Å². The Morgan fingerprint density at radius 3 is 3.00 bits per heavy atom. The maximum absolute atomic E-state index is 12.4. The zero-order valence-electron chi connectivity index (χ0n) is 10.7. The number of fused-ring (bicyclic) bond motifs is 1. The number of ketones is 1. The lowest BCUT2D eigenvalue weighted by Crippen LogP contribution is -2.26. The number of ether oxygens (including phenoxy) is 1. The summed E-state index contributed by atoms with van der Waals surface area (Å²) < 4.78 is 4.97. The van der Waals surface area contributed by atoms with E-state index in [-0.39, 0.29) is 5.78 Å². The summed E-state index contributed by atoms with van der Waals surface area (Å²) in [5.41, 5.74) is 2.40. The quantitative estimate of drug-likeness (QED) is 0.643. The second kappa shape index (κ2) is 5.21. The molecule has 0 saturated heterocycles. The van der Waals surface area contributed by atoms with Crippen molar-refractivity contribution in [3.63, 3.8) is 0 Å². The number of esters is 1. The number of aryl methyl sites for hydroxylation is 1. The molecule has 2 rings (SSSR count). The van der Waals surface area contributed by atoms with Gasteiger partial charge in [0.05, 0.1) is 6.61 Å². The van der Waals surface area contributed by atoms with Crippen LogP contribution < -0.4 is 5.32 Å². The van der Waals surface area contributed by atoms with Gasteiger partial charge in [-0.05, 0) is 32.4 Å². The average molecular weight is 247 g/mol. The molecule has 0 spiro atoms. The van der Waals surface area contributed by atoms with Gasteiger partial charge in [0.25, 0.3) is 0 Å². The van der Waals surface area contributed by atoms with Crippen LogP contribution >= 0.6 is 0 Å². The van der Waals surface area contributed by atoms with E-state index in [2.05, 4.69) is 5.32 Å². The van der Waals surface area contributed by atoms with E-state index in [4.69, 9.17) is 4.74 Å². The standard InChI is InChI=1S/C14H17NO3/c1-3-18-14(17)10-6-7-15-12-5-4-9(2)8-11(12)13(10)16/h4-5,8,10,15H,3,6-7H2,1-2H3. The Balaban J connectivity index is 2.34. The molecule has 1 unspecified atom stereocenters. The van der Waals surface area contributed by atoms with Crippen molar-refractivity contribution in [1.29, 1.82) is 0 Å². The first-order valence-corrected chi connectivity index (χ1v) is 6.19. The van der Waals surface area contributed by atoms with Gasteiger partial charge in [-0.15, -0.1) is 0 Å². The molecule has 0 fully saturated rings. The molecule has 1 aromatic rings. The van der Waals surface area contributed by atoms with Gasteiger partial charge in [0, 0.05) is 17.8 Å². The first kappa shape index (κ1) is 12.6. The Morgan fingerprint density at radius 2 is 2.28 bits per heavy atom. The van der Waals surface area contributed by atoms with E-state index < -0.39 is 11.9 Å². The molecule has 0 radical (unpaired) electrons. The van der Waals surface area contributed by atoms with Crippen LogP contribution in [0.3, 0.4) is 0 Å². The maximum Gasteiger partial charge on any atom is 0.316 e. The minimum Gasteiger partial charge on any atom is -0.465 e. The van der Waals surface area contributed by atoms with Crippen LogP contribution in [0.4, 0.5) is 5.69 Å². The zero-order chi connectivity index (χ0) is 13.1. The van der Waals surface area contributed by atoms with Gasteiger partial charge in [-0.3, -0.25) is 9.59 Å². The largest absolute Gasteiger partial charge is 0.465 e. The minimum atomic E-state index is -0.680. The fourth-order valence-electron chi connectivity index (χ4n) is 2.15. The number of rotatable bonds is 2. The Morgan fingerprint density at radius 1 is 1.50 bits per heavy atom. The monoisotopic (exact) mass is 247 g/mol. The van der Waals surface area contributed by atoms with E-state index in [1.54, 1.807) is 6.92 Å². The van der Waals surface area contributed by atoms with Crippen molar-refractivity contribution in [3.8, 4) is 0 Å². The Bertz CT molecular complexity index is 482. The van der Waals surface area contributed by atoms with E-state index in [0.717, 1.165) is 11.3 Å². The Labute approximate surface area is 106 Å². The molecular weight excluding hydrogens is 230 g/mol. The van der Waals surface area contributed by atoms with Gasteiger partial charge >= 0.3 is 5.97 Å². The van der Waals surface area contributed by atoms with Crippen LogP contribution in [0.25, 0.3) is 0 Å². The van der Waals surface area contributed by atoms with Gasteiger partial charge in [-0.25, -0.2) is 0 Å². The van der Waals surface area contributed by atoms with Crippen LogP contribution in [0.2, 0.25) is 0 Å². The molecule has 0 saturated carbocycles. The molecule has 4 nitrogen and oxygen atoms in total. The highest BCUT2D eigenvalue weighted by Crippen LogP contribution is 2.26. The fraction of sp³-hybridized carbons (Fsp3) is 0.429. The average Bonchev–Trinajstić information content (AvgIpc) is 2.50. The number of anilines is 1. The first-order chi connectivity index (χ1) is 8.63. The second-order valence-electron chi connectivity index (χ2n) is 4.43. The van der Waals surface area contributed by atoms with Gasteiger partial charge in [0.15, 0.2) is 5.78 Å². The lowest BCUT2D eigenvalue weighted by atomic mass is 9.94. The molecule has 4 heteroatoms. The van der Waals surface area contributed by atoms with Crippen molar-refractivity contribution in [3.05, 3.63) is 29.3 Å². The molecule has 96 valence electrons. The Kier molecular flexibility index (Phi) is 3.65. The molecule has 0 bridgehead atoms. The summed E-state index contributed by atoms with van der Waals surface area (Å²) >= 11 is 0. The fourth-order valence-corrected chi connectivity index (χ4v) is 2.15. The van der Waals surface area contributed by atoms with E-state index in [0.29, 0.717) is 25.1 Å². The van der Waals surface area contributed by atoms with Crippen LogP contribution in [-0.4, -0.2) is 24.9 Å². The molecule has 18 heavy (non-hydrogen) atoms. The van der Waals surface area contributed by atoms with Gasteiger partial charge in [-0.2, -0.15) is 0 Å². The van der Waals surface area contributed by atoms with Crippen molar-refractivity contribution in [2.24, 2.45) is 5.92 Å². The normalized spacial score (nSPS) is 18.6. The summed E-state index contributed by atoms with van der Waals surface area (Å²) in [6.45, 7) is 4.58. The molecule has 1 atom stereocenters. The topological polar surface area (TPSA) is 55.4 Å². The van der Waals surface area contributed by atoms with Gasteiger partial charge < -0.3 is 10.1 Å². The number of Topliss-reactive ketones (excluding diaryl/α,β-unsaturated/α-hetero) is 1. The third-order valence-electron chi connectivity index (χ3n) is 3.08. The van der Waals surface area contributed by atoms with E-state index in [9.17, 15) is 9.59 Å². The molecule has 1 aliphatic heterocycles. The maximum atomic E-state index is 12.4. The number of nitrogens with one attached hydrogen (secondary N) is 1. The number of carbonyl (C=O) groups is 2. The third kappa shape index (κ3) is 2.37. The van der Waals surface area contributed by atoms with Gasteiger partial charge in [-0.1, -0.05) is 11.6 Å². The van der Waals surface area contributed by atoms with Crippen LogP contribution in [0, 0.1) is 12.8 Å². The van der Waals surface area contributed by atoms with E-state index in [1.807, 2.05) is 25.1 Å². The van der Waals surface area contributed by atoms with Gasteiger partial charge in [0.2, 0.25) is 0 Å². The van der Waals surface area contributed by atoms with Gasteiger partial charge in [0.1, 0.15) is 5.92 Å². The van der Waals surface area contributed by atoms with Crippen LogP contribution in [0.1, 0.15) is 29.3 Å². The van der Waals surface area contributed by atoms with Crippen molar-refractivity contribution >= 4 is 17.4 Å². The summed E-state index contributed by atoms with van der Waals surface area (Å²) in [5, 5.41) is 3.18. The third-order valence-corrected chi connectivity index (χ3v) is 3.08. The summed E-state index contributed by atoms with van der Waals surface area (Å²) in [6.07, 6.45) is 0.478. The second-order valence-corrected chi connectivity index (χ2v) is 4.43. The van der Waals surface area contributed by atoms with Crippen LogP contribution in [0.15, 0.2) is 18.2 Å². The lowest BCUT2D eigenvalue weighted by molar-refractivity contribution is -0.146. The lowest BCUT2D eigenvalue weighted by Gasteiger charge is -2.11. The summed E-state index contributed by atoms with van der Waals surface area (Å²) in [6, 6.07) is 5.65. The molecule has 1 N–H and O–H groups in total. The predicted molar refractivity (Wildman–Crippen MR) is 68.7 cm³/mol. The van der Waals surface area contributed by atoms with Crippen LogP contribution in [-0.2, 0) is 9.53 Å². The van der Waals surface area contributed by atoms with Crippen molar-refractivity contribution in [2.75, 3.05) is 18.5 Å².